The molecule has 3 heterocycles. The fourth-order valence-electron chi connectivity index (χ4n) is 3.87. The summed E-state index contributed by atoms with van der Waals surface area (Å²) in [7, 11) is -3.59. The highest BCUT2D eigenvalue weighted by atomic mass is 32.2. The fraction of sp³-hybridized carbons (Fsp3) is 0.476. The molecular weight excluding hydrogens is 406 g/mol. The van der Waals surface area contributed by atoms with Crippen molar-refractivity contribution in [3.63, 3.8) is 0 Å². The number of carbonyl (C=O) groups excluding carboxylic acids is 1. The minimum absolute atomic E-state index is 0.0930. The van der Waals surface area contributed by atoms with Crippen LogP contribution >= 0.6 is 0 Å². The summed E-state index contributed by atoms with van der Waals surface area (Å²) in [6.45, 7) is 6.80. The molecule has 2 aliphatic rings. The van der Waals surface area contributed by atoms with Gasteiger partial charge in [0.15, 0.2) is 5.78 Å². The molecule has 0 radical (unpaired) electrons. The Bertz CT molecular complexity index is 1090. The van der Waals surface area contributed by atoms with Gasteiger partial charge in [-0.2, -0.15) is 0 Å². The minimum atomic E-state index is -3.59. The van der Waals surface area contributed by atoms with Crippen LogP contribution in [-0.2, 0) is 27.4 Å². The van der Waals surface area contributed by atoms with Crippen LogP contribution in [0.1, 0.15) is 35.5 Å². The smallest absolute Gasteiger partial charge is 0.247 e. The van der Waals surface area contributed by atoms with E-state index in [9.17, 15) is 13.2 Å². The number of hydrogen-bond acceptors (Lipinski definition) is 8. The zero-order valence-corrected chi connectivity index (χ0v) is 18.2. The summed E-state index contributed by atoms with van der Waals surface area (Å²) in [5.41, 5.74) is 2.70. The van der Waals surface area contributed by atoms with Crippen molar-refractivity contribution in [3.05, 3.63) is 41.2 Å². The van der Waals surface area contributed by atoms with Crippen LogP contribution in [0.25, 0.3) is 0 Å². The monoisotopic (exact) mass is 431 g/mol. The van der Waals surface area contributed by atoms with Crippen LogP contribution in [0, 0.1) is 0 Å². The maximum absolute atomic E-state index is 13.0. The second-order valence-electron chi connectivity index (χ2n) is 8.32. The Morgan fingerprint density at radius 2 is 1.97 bits per heavy atom. The lowest BCUT2D eigenvalue weighted by Gasteiger charge is -2.31. The molecule has 0 aliphatic carbocycles. The van der Waals surface area contributed by atoms with Gasteiger partial charge in [0.1, 0.15) is 17.0 Å². The number of benzene rings is 1. The number of rotatable bonds is 5. The van der Waals surface area contributed by atoms with E-state index in [0.717, 1.165) is 48.3 Å². The third kappa shape index (κ3) is 4.32. The number of sulfone groups is 1. The third-order valence-electron chi connectivity index (χ3n) is 5.22. The van der Waals surface area contributed by atoms with Crippen LogP contribution in [-0.4, -0.2) is 62.3 Å². The van der Waals surface area contributed by atoms with Gasteiger partial charge in [-0.05, 0) is 37.1 Å². The Hall–Kier alpha value is -2.52. The van der Waals surface area contributed by atoms with E-state index in [1.807, 2.05) is 26.0 Å². The first-order chi connectivity index (χ1) is 14.1. The van der Waals surface area contributed by atoms with Crippen LogP contribution in [0.3, 0.4) is 0 Å². The third-order valence-corrected chi connectivity index (χ3v) is 6.08. The van der Waals surface area contributed by atoms with Gasteiger partial charge in [0.05, 0.1) is 13.2 Å². The maximum atomic E-state index is 13.0. The molecule has 0 N–H and O–H groups in total. The van der Waals surface area contributed by atoms with Crippen LogP contribution < -0.4 is 9.64 Å². The van der Waals surface area contributed by atoms with Gasteiger partial charge in [0.25, 0.3) is 0 Å². The van der Waals surface area contributed by atoms with Crippen molar-refractivity contribution in [1.82, 2.24) is 9.97 Å². The van der Waals surface area contributed by atoms with Crippen LogP contribution in [0.5, 0.6) is 5.75 Å². The van der Waals surface area contributed by atoms with Crippen molar-refractivity contribution in [3.8, 4) is 5.75 Å². The number of fused-ring (bicyclic) bond motifs is 1. The van der Waals surface area contributed by atoms with E-state index in [1.165, 1.54) is 12.3 Å². The highest BCUT2D eigenvalue weighted by Gasteiger charge is 2.32. The standard InChI is InChI=1S/C21H25N3O5S/c1-21(2)13-15-10-14(17(12-19(15)29-21)24-6-8-28-9-7-24)11-18(25)16-4-5-22-20(23-16)30(3,26)27/h4-5,10,12H,6-9,11,13H2,1-3H3. The number of ketones is 1. The van der Waals surface area contributed by atoms with Crippen molar-refractivity contribution >= 4 is 21.3 Å². The number of morpholine rings is 1. The maximum Gasteiger partial charge on any atom is 0.247 e. The predicted molar refractivity (Wildman–Crippen MR) is 111 cm³/mol. The molecule has 9 heteroatoms. The lowest BCUT2D eigenvalue weighted by atomic mass is 9.96. The Balaban J connectivity index is 1.68. The molecule has 2 aromatic rings. The van der Waals surface area contributed by atoms with E-state index in [1.54, 1.807) is 0 Å². The summed E-state index contributed by atoms with van der Waals surface area (Å²) in [5.74, 6) is 0.592. The fourth-order valence-corrected chi connectivity index (χ4v) is 4.39. The van der Waals surface area contributed by atoms with Gasteiger partial charge in [-0.25, -0.2) is 18.4 Å². The average molecular weight is 432 g/mol. The first-order valence-electron chi connectivity index (χ1n) is 9.86. The summed E-state index contributed by atoms with van der Waals surface area (Å²) in [5, 5.41) is -0.342. The van der Waals surface area contributed by atoms with Crippen molar-refractivity contribution < 1.29 is 22.7 Å². The van der Waals surface area contributed by atoms with E-state index in [-0.39, 0.29) is 28.7 Å². The summed E-state index contributed by atoms with van der Waals surface area (Å²) >= 11 is 0. The molecule has 1 fully saturated rings. The molecule has 0 atom stereocenters. The Labute approximate surface area is 176 Å². The average Bonchev–Trinajstić information content (AvgIpc) is 3.00. The number of aromatic nitrogens is 2. The molecule has 2 aliphatic heterocycles. The van der Waals surface area contributed by atoms with Gasteiger partial charge in [-0.15, -0.1) is 0 Å². The molecule has 0 unspecified atom stereocenters. The second-order valence-corrected chi connectivity index (χ2v) is 10.2. The minimum Gasteiger partial charge on any atom is -0.487 e. The van der Waals surface area contributed by atoms with E-state index >= 15 is 0 Å². The molecule has 1 aromatic carbocycles. The summed E-state index contributed by atoms with van der Waals surface area (Å²) in [6.07, 6.45) is 3.20. The molecule has 0 bridgehead atoms. The Morgan fingerprint density at radius 3 is 2.67 bits per heavy atom. The van der Waals surface area contributed by atoms with Crippen LogP contribution in [0.15, 0.2) is 29.6 Å². The topological polar surface area (TPSA) is 98.7 Å². The van der Waals surface area contributed by atoms with Gasteiger partial charge in [-0.3, -0.25) is 4.79 Å². The summed E-state index contributed by atoms with van der Waals surface area (Å²) < 4.78 is 35.1. The molecular formula is C21H25N3O5S. The number of anilines is 1. The Kier molecular flexibility index (Phi) is 5.27. The first-order valence-corrected chi connectivity index (χ1v) is 11.8. The van der Waals surface area contributed by atoms with Crippen molar-refractivity contribution in [2.75, 3.05) is 37.5 Å². The molecule has 1 saturated heterocycles. The van der Waals surface area contributed by atoms with Crippen LogP contribution in [0.2, 0.25) is 0 Å². The van der Waals surface area contributed by atoms with Crippen LogP contribution in [0.4, 0.5) is 5.69 Å². The molecule has 1 aromatic heterocycles. The van der Waals surface area contributed by atoms with Crippen molar-refractivity contribution in [2.24, 2.45) is 0 Å². The largest absolute Gasteiger partial charge is 0.487 e. The number of carbonyl (C=O) groups is 1. The number of nitrogens with zero attached hydrogens (tertiary/aromatic N) is 3. The predicted octanol–water partition coefficient (Wildman–Crippen LogP) is 1.86. The highest BCUT2D eigenvalue weighted by molar-refractivity contribution is 7.90. The number of Topliss-reactive ketones (excluding diaryl/α,β-unsaturated/α-hetero) is 1. The van der Waals surface area contributed by atoms with E-state index in [4.69, 9.17) is 9.47 Å². The molecule has 160 valence electrons. The molecule has 8 nitrogen and oxygen atoms in total. The summed E-state index contributed by atoms with van der Waals surface area (Å²) in [4.78, 5) is 22.9. The van der Waals surface area contributed by atoms with Gasteiger partial charge in [0, 0.05) is 50.1 Å². The molecule has 4 rings (SSSR count). The zero-order valence-electron chi connectivity index (χ0n) is 17.3. The lowest BCUT2D eigenvalue weighted by molar-refractivity contribution is 0.0987. The van der Waals surface area contributed by atoms with E-state index < -0.39 is 9.84 Å². The van der Waals surface area contributed by atoms with Gasteiger partial charge in [0.2, 0.25) is 15.0 Å². The van der Waals surface area contributed by atoms with E-state index in [2.05, 4.69) is 14.9 Å². The normalized spacial score (nSPS) is 18.0. The lowest BCUT2D eigenvalue weighted by Crippen LogP contribution is -2.37. The van der Waals surface area contributed by atoms with Gasteiger partial charge < -0.3 is 14.4 Å². The highest BCUT2D eigenvalue weighted by Crippen LogP contribution is 2.40. The zero-order chi connectivity index (χ0) is 21.5. The molecule has 0 spiro atoms. The van der Waals surface area contributed by atoms with Crippen molar-refractivity contribution in [1.29, 1.82) is 0 Å². The molecule has 30 heavy (non-hydrogen) atoms. The summed E-state index contributed by atoms with van der Waals surface area (Å²) in [6, 6.07) is 5.50. The second kappa shape index (κ2) is 7.63. The number of hydrogen-bond donors (Lipinski definition) is 0. The molecule has 0 saturated carbocycles. The number of ether oxygens (including phenoxy) is 2. The van der Waals surface area contributed by atoms with Gasteiger partial charge in [-0.1, -0.05) is 0 Å². The van der Waals surface area contributed by atoms with E-state index in [0.29, 0.717) is 13.2 Å². The Morgan fingerprint density at radius 1 is 1.23 bits per heavy atom. The molecule has 0 amide bonds. The van der Waals surface area contributed by atoms with Crippen molar-refractivity contribution in [2.45, 2.75) is 37.4 Å². The van der Waals surface area contributed by atoms with Gasteiger partial charge >= 0.3 is 0 Å². The quantitative estimate of drug-likeness (QED) is 0.523. The first kappa shape index (κ1) is 20.7. The SMILES string of the molecule is CC1(C)Cc2cc(CC(=O)c3ccnc(S(C)(=O)=O)n3)c(N3CCOCC3)cc2O1.